The molecule has 9 heteroatoms. The number of nitrogens with zero attached hydrogens (tertiary/aromatic N) is 1. The van der Waals surface area contributed by atoms with Crippen LogP contribution in [0.15, 0.2) is 54.6 Å². The molecule has 0 spiro atoms. The number of Topliss-reactive ketones (excluding diaryl/α,β-unsaturated/α-hetero) is 1. The molecule has 1 heterocycles. The van der Waals surface area contributed by atoms with Gasteiger partial charge >= 0.3 is 18.2 Å². The van der Waals surface area contributed by atoms with E-state index in [2.05, 4.69) is 0 Å². The van der Waals surface area contributed by atoms with Crippen molar-refractivity contribution in [3.8, 4) is 0 Å². The molecule has 0 bridgehead atoms. The number of carbonyl (C=O) groups is 3. The predicted molar refractivity (Wildman–Crippen MR) is 103 cm³/mol. The van der Waals surface area contributed by atoms with Crippen molar-refractivity contribution in [3.05, 3.63) is 71.3 Å². The van der Waals surface area contributed by atoms with Crippen molar-refractivity contribution < 1.29 is 37.0 Å². The quantitative estimate of drug-likeness (QED) is 0.533. The Morgan fingerprint density at radius 3 is 2.29 bits per heavy atom. The number of ether oxygens (including phenoxy) is 2. The molecule has 1 saturated heterocycles. The number of esters is 1. The Labute approximate surface area is 176 Å². The van der Waals surface area contributed by atoms with Crippen molar-refractivity contribution in [1.82, 2.24) is 4.90 Å². The van der Waals surface area contributed by atoms with Crippen LogP contribution in [0.3, 0.4) is 0 Å². The Kier molecular flexibility index (Phi) is 6.62. The summed E-state index contributed by atoms with van der Waals surface area (Å²) in [4.78, 5) is 38.8. The van der Waals surface area contributed by atoms with Crippen molar-refractivity contribution in [3.63, 3.8) is 0 Å². The van der Waals surface area contributed by atoms with Crippen molar-refractivity contribution in [2.24, 2.45) is 5.92 Å². The summed E-state index contributed by atoms with van der Waals surface area (Å²) in [6.07, 6.45) is -5.43. The van der Waals surface area contributed by atoms with Crippen LogP contribution in [0.4, 0.5) is 18.0 Å². The second-order valence-electron chi connectivity index (χ2n) is 7.02. The lowest BCUT2D eigenvalue weighted by Crippen LogP contribution is -2.49. The first-order valence-electron chi connectivity index (χ1n) is 9.47. The summed E-state index contributed by atoms with van der Waals surface area (Å²) in [6.45, 7) is -0.0710. The van der Waals surface area contributed by atoms with Crippen LogP contribution < -0.4 is 0 Å². The van der Waals surface area contributed by atoms with E-state index in [0.29, 0.717) is 0 Å². The minimum atomic E-state index is -4.54. The molecule has 2 atom stereocenters. The van der Waals surface area contributed by atoms with E-state index in [1.54, 1.807) is 24.3 Å². The third kappa shape index (κ3) is 5.04. The van der Waals surface area contributed by atoms with Crippen molar-refractivity contribution in [1.29, 1.82) is 0 Å². The van der Waals surface area contributed by atoms with Gasteiger partial charge in [0.05, 0.1) is 18.7 Å². The Morgan fingerprint density at radius 1 is 1.06 bits per heavy atom. The molecule has 164 valence electrons. The van der Waals surface area contributed by atoms with E-state index in [1.807, 2.05) is 6.07 Å². The van der Waals surface area contributed by atoms with Gasteiger partial charge in [0.15, 0.2) is 5.78 Å². The number of amides is 1. The SMILES string of the molecule is COC(=O)[C@@H]1C(=O)CCN(C(=O)OCc2ccccc2)[C@H]1c1ccc(C(F)(F)F)cc1. The number of ketones is 1. The minimum Gasteiger partial charge on any atom is -0.468 e. The van der Waals surface area contributed by atoms with Gasteiger partial charge in [0, 0.05) is 13.0 Å². The third-order valence-corrected chi connectivity index (χ3v) is 5.07. The van der Waals surface area contributed by atoms with Crippen molar-refractivity contribution >= 4 is 17.8 Å². The van der Waals surface area contributed by atoms with Gasteiger partial charge in [-0.2, -0.15) is 13.2 Å². The summed E-state index contributed by atoms with van der Waals surface area (Å²) >= 11 is 0. The number of carbonyl (C=O) groups excluding carboxylic acids is 3. The summed E-state index contributed by atoms with van der Waals surface area (Å²) in [5.41, 5.74) is 0.0545. The second kappa shape index (κ2) is 9.20. The topological polar surface area (TPSA) is 72.9 Å². The molecule has 1 aliphatic rings. The van der Waals surface area contributed by atoms with Gasteiger partial charge in [-0.1, -0.05) is 42.5 Å². The van der Waals surface area contributed by atoms with Crippen LogP contribution in [0.1, 0.15) is 29.2 Å². The predicted octanol–water partition coefficient (Wildman–Crippen LogP) is 4.15. The lowest BCUT2D eigenvalue weighted by molar-refractivity contribution is -0.154. The molecular weight excluding hydrogens is 415 g/mol. The average molecular weight is 435 g/mol. The zero-order valence-electron chi connectivity index (χ0n) is 16.6. The maximum Gasteiger partial charge on any atom is 0.416 e. The van der Waals surface area contributed by atoms with E-state index in [-0.39, 0.29) is 25.1 Å². The van der Waals surface area contributed by atoms with E-state index in [4.69, 9.17) is 9.47 Å². The first-order chi connectivity index (χ1) is 14.7. The Balaban J connectivity index is 1.91. The first kappa shape index (κ1) is 22.3. The number of halogens is 3. The van der Waals surface area contributed by atoms with Crippen LogP contribution in [0.5, 0.6) is 0 Å². The summed E-state index contributed by atoms with van der Waals surface area (Å²) in [6, 6.07) is 11.7. The normalized spacial score (nSPS) is 19.1. The molecule has 1 fully saturated rings. The van der Waals surface area contributed by atoms with Gasteiger partial charge in [0.25, 0.3) is 0 Å². The van der Waals surface area contributed by atoms with Crippen molar-refractivity contribution in [2.45, 2.75) is 25.2 Å². The fourth-order valence-electron chi connectivity index (χ4n) is 3.52. The Morgan fingerprint density at radius 2 is 1.71 bits per heavy atom. The number of benzene rings is 2. The highest BCUT2D eigenvalue weighted by Gasteiger charge is 2.46. The largest absolute Gasteiger partial charge is 0.468 e. The van der Waals surface area contributed by atoms with Crippen LogP contribution in [0.2, 0.25) is 0 Å². The van der Waals surface area contributed by atoms with Crippen LogP contribution >= 0.6 is 0 Å². The van der Waals surface area contributed by atoms with Gasteiger partial charge in [-0.05, 0) is 23.3 Å². The number of hydrogen-bond acceptors (Lipinski definition) is 5. The molecule has 0 radical (unpaired) electrons. The zero-order valence-corrected chi connectivity index (χ0v) is 16.6. The fourth-order valence-corrected chi connectivity index (χ4v) is 3.52. The molecule has 1 aliphatic heterocycles. The highest BCUT2D eigenvalue weighted by atomic mass is 19.4. The van der Waals surface area contributed by atoms with Crippen LogP contribution in [-0.4, -0.2) is 36.4 Å². The maximum atomic E-state index is 12.9. The van der Waals surface area contributed by atoms with E-state index < -0.39 is 41.5 Å². The molecule has 1 amide bonds. The van der Waals surface area contributed by atoms with Gasteiger partial charge in [0.2, 0.25) is 0 Å². The standard InChI is InChI=1S/C22H20F3NO5/c1-30-20(28)18-17(27)11-12-26(21(29)31-13-14-5-3-2-4-6-14)19(18)15-7-9-16(10-8-15)22(23,24)25/h2-10,18-19H,11-13H2,1H3/t18-,19+/m1/s1. The van der Waals surface area contributed by atoms with Gasteiger partial charge in [-0.15, -0.1) is 0 Å². The van der Waals surface area contributed by atoms with Crippen LogP contribution in [0.25, 0.3) is 0 Å². The molecule has 0 aliphatic carbocycles. The second-order valence-corrected chi connectivity index (χ2v) is 7.02. The molecule has 6 nitrogen and oxygen atoms in total. The number of methoxy groups -OCH3 is 1. The van der Waals surface area contributed by atoms with E-state index in [1.165, 1.54) is 4.90 Å². The van der Waals surface area contributed by atoms with E-state index in [9.17, 15) is 27.6 Å². The molecule has 2 aromatic rings. The number of rotatable bonds is 4. The maximum absolute atomic E-state index is 12.9. The highest BCUT2D eigenvalue weighted by molar-refractivity contribution is 6.01. The minimum absolute atomic E-state index is 0.0350. The summed E-state index contributed by atoms with van der Waals surface area (Å²) < 4.78 is 48.9. The van der Waals surface area contributed by atoms with Crippen LogP contribution in [0, 0.1) is 5.92 Å². The summed E-state index contributed by atoms with van der Waals surface area (Å²) in [5.74, 6) is -2.68. The highest BCUT2D eigenvalue weighted by Crippen LogP contribution is 2.37. The molecule has 3 rings (SSSR count). The molecule has 0 aromatic heterocycles. The van der Waals surface area contributed by atoms with Gasteiger partial charge < -0.3 is 9.47 Å². The Bertz CT molecular complexity index is 936. The fraction of sp³-hybridized carbons (Fsp3) is 0.318. The van der Waals surface area contributed by atoms with E-state index in [0.717, 1.165) is 36.9 Å². The number of piperidine rings is 1. The van der Waals surface area contributed by atoms with Crippen molar-refractivity contribution in [2.75, 3.05) is 13.7 Å². The molecule has 0 saturated carbocycles. The number of alkyl halides is 3. The molecule has 0 unspecified atom stereocenters. The molecule has 2 aromatic carbocycles. The van der Waals surface area contributed by atoms with E-state index >= 15 is 0 Å². The molecule has 31 heavy (non-hydrogen) atoms. The lowest BCUT2D eigenvalue weighted by Gasteiger charge is -2.38. The summed E-state index contributed by atoms with van der Waals surface area (Å²) in [5, 5.41) is 0. The zero-order chi connectivity index (χ0) is 22.6. The first-order valence-corrected chi connectivity index (χ1v) is 9.47. The molecule has 0 N–H and O–H groups in total. The van der Waals surface area contributed by atoms with Gasteiger partial charge in [-0.3, -0.25) is 14.5 Å². The average Bonchev–Trinajstić information content (AvgIpc) is 2.77. The van der Waals surface area contributed by atoms with Gasteiger partial charge in [-0.25, -0.2) is 4.79 Å². The van der Waals surface area contributed by atoms with Gasteiger partial charge in [0.1, 0.15) is 12.5 Å². The van der Waals surface area contributed by atoms with Crippen LogP contribution in [-0.2, 0) is 31.8 Å². The summed E-state index contributed by atoms with van der Waals surface area (Å²) in [7, 11) is 1.10. The third-order valence-electron chi connectivity index (χ3n) is 5.07. The number of likely N-dealkylation sites (tertiary alicyclic amines) is 1. The molecular formula is C22H20F3NO5. The monoisotopic (exact) mass is 435 g/mol. The smallest absolute Gasteiger partial charge is 0.416 e. The number of hydrogen-bond donors (Lipinski definition) is 0. The Hall–Kier alpha value is -3.36. The lowest BCUT2D eigenvalue weighted by atomic mass is 9.83.